The Morgan fingerprint density at radius 3 is 1.50 bits per heavy atom. The highest BCUT2D eigenvalue weighted by atomic mass is 16.5. The van der Waals surface area contributed by atoms with E-state index in [1.165, 1.54) is 0 Å². The molecular weight excluding hydrogens is 320 g/mol. The highest BCUT2D eigenvalue weighted by Gasteiger charge is 2.37. The first kappa shape index (κ1) is 18.1. The number of ether oxygens (including phenoxy) is 1. The van der Waals surface area contributed by atoms with Gasteiger partial charge in [0.15, 0.2) is 0 Å². The third kappa shape index (κ3) is 3.77. The predicted molar refractivity (Wildman–Crippen MR) is 106 cm³/mol. The Balaban J connectivity index is 2.16. The van der Waals surface area contributed by atoms with Crippen molar-refractivity contribution >= 4 is 0 Å². The molecule has 0 radical (unpaired) electrons. The second-order valence-corrected chi connectivity index (χ2v) is 6.27. The topological polar surface area (TPSA) is 29.5 Å². The largest absolute Gasteiger partial charge is 0.390 e. The van der Waals surface area contributed by atoms with Crippen molar-refractivity contribution in [3.05, 3.63) is 120 Å². The van der Waals surface area contributed by atoms with E-state index in [1.807, 2.05) is 54.6 Å². The van der Waals surface area contributed by atoms with Crippen LogP contribution in [0.4, 0.5) is 0 Å². The third-order valence-electron chi connectivity index (χ3n) is 4.47. The molecule has 26 heavy (non-hydrogen) atoms. The molecule has 1 N–H and O–H groups in total. The lowest BCUT2D eigenvalue weighted by atomic mass is 9.80. The van der Waals surface area contributed by atoms with Crippen molar-refractivity contribution in [2.45, 2.75) is 18.1 Å². The molecule has 0 aliphatic carbocycles. The first-order valence-corrected chi connectivity index (χ1v) is 8.87. The average Bonchev–Trinajstić information content (AvgIpc) is 2.71. The van der Waals surface area contributed by atoms with Crippen LogP contribution in [0.3, 0.4) is 0 Å². The molecule has 0 aliphatic heterocycles. The molecule has 1 atom stereocenters. The van der Waals surface area contributed by atoms with Crippen LogP contribution < -0.4 is 0 Å². The van der Waals surface area contributed by atoms with Crippen molar-refractivity contribution in [1.82, 2.24) is 0 Å². The number of hydrogen-bond donors (Lipinski definition) is 1. The normalized spacial score (nSPS) is 12.5. The van der Waals surface area contributed by atoms with Crippen LogP contribution in [-0.4, -0.2) is 17.8 Å². The molecule has 0 amide bonds. The van der Waals surface area contributed by atoms with Gasteiger partial charge in [0.1, 0.15) is 5.60 Å². The van der Waals surface area contributed by atoms with Crippen molar-refractivity contribution in [1.29, 1.82) is 0 Å². The molecule has 2 nitrogen and oxygen atoms in total. The molecule has 0 spiro atoms. The second-order valence-electron chi connectivity index (χ2n) is 6.27. The van der Waals surface area contributed by atoms with Gasteiger partial charge in [-0.15, -0.1) is 6.58 Å². The van der Waals surface area contributed by atoms with Gasteiger partial charge in [-0.3, -0.25) is 0 Å². The fourth-order valence-corrected chi connectivity index (χ4v) is 3.25. The lowest BCUT2D eigenvalue weighted by Gasteiger charge is -2.36. The van der Waals surface area contributed by atoms with Gasteiger partial charge in [0.2, 0.25) is 0 Å². The monoisotopic (exact) mass is 344 g/mol. The lowest BCUT2D eigenvalue weighted by Crippen LogP contribution is -2.35. The van der Waals surface area contributed by atoms with Crippen molar-refractivity contribution in [3.8, 4) is 0 Å². The zero-order valence-electron chi connectivity index (χ0n) is 14.8. The number of aliphatic hydroxyl groups is 1. The van der Waals surface area contributed by atoms with Crippen LogP contribution in [0.5, 0.6) is 0 Å². The van der Waals surface area contributed by atoms with E-state index < -0.39 is 11.7 Å². The second kappa shape index (κ2) is 8.61. The summed E-state index contributed by atoms with van der Waals surface area (Å²) in [4.78, 5) is 0. The Kier molecular flexibility index (Phi) is 6.00. The van der Waals surface area contributed by atoms with Crippen molar-refractivity contribution in [3.63, 3.8) is 0 Å². The van der Waals surface area contributed by atoms with E-state index >= 15 is 0 Å². The van der Waals surface area contributed by atoms with Crippen LogP contribution in [0.25, 0.3) is 0 Å². The fourth-order valence-electron chi connectivity index (χ4n) is 3.25. The molecule has 0 aromatic heterocycles. The zero-order chi connectivity index (χ0) is 18.2. The SMILES string of the molecule is C=CC[C@H](O)COC(c1ccccc1)(c1ccccc1)c1ccccc1. The molecule has 3 aromatic rings. The summed E-state index contributed by atoms with van der Waals surface area (Å²) in [5.74, 6) is 0. The Morgan fingerprint density at radius 1 is 0.769 bits per heavy atom. The van der Waals surface area contributed by atoms with Gasteiger partial charge in [0.05, 0.1) is 12.7 Å². The number of aliphatic hydroxyl groups excluding tert-OH is 1. The molecule has 0 bridgehead atoms. The van der Waals surface area contributed by atoms with Gasteiger partial charge in [-0.05, 0) is 23.1 Å². The summed E-state index contributed by atoms with van der Waals surface area (Å²) in [5.41, 5.74) is 2.31. The summed E-state index contributed by atoms with van der Waals surface area (Å²) in [6, 6.07) is 30.5. The molecule has 132 valence electrons. The Hall–Kier alpha value is -2.68. The van der Waals surface area contributed by atoms with Crippen molar-refractivity contribution in [2.75, 3.05) is 6.61 Å². The Morgan fingerprint density at radius 2 is 1.15 bits per heavy atom. The van der Waals surface area contributed by atoms with Gasteiger partial charge in [0, 0.05) is 0 Å². The van der Waals surface area contributed by atoms with Crippen LogP contribution in [0.2, 0.25) is 0 Å². The van der Waals surface area contributed by atoms with Gasteiger partial charge in [-0.25, -0.2) is 0 Å². The van der Waals surface area contributed by atoms with E-state index in [2.05, 4.69) is 43.0 Å². The maximum atomic E-state index is 10.3. The molecule has 0 fully saturated rings. The van der Waals surface area contributed by atoms with Crippen LogP contribution >= 0.6 is 0 Å². The van der Waals surface area contributed by atoms with E-state index in [9.17, 15) is 5.11 Å². The summed E-state index contributed by atoms with van der Waals surface area (Å²) in [6.07, 6.45) is 1.61. The minimum Gasteiger partial charge on any atom is -0.390 e. The molecule has 0 saturated carbocycles. The van der Waals surface area contributed by atoms with Gasteiger partial charge in [-0.2, -0.15) is 0 Å². The minimum atomic E-state index is -0.786. The number of benzene rings is 3. The van der Waals surface area contributed by atoms with Crippen LogP contribution in [-0.2, 0) is 10.3 Å². The molecule has 3 rings (SSSR count). The van der Waals surface area contributed by atoms with E-state index in [4.69, 9.17) is 4.74 Å². The lowest BCUT2D eigenvalue weighted by molar-refractivity contribution is -0.0368. The molecule has 0 aliphatic rings. The third-order valence-corrected chi connectivity index (χ3v) is 4.47. The summed E-state index contributed by atoms with van der Waals surface area (Å²) >= 11 is 0. The highest BCUT2D eigenvalue weighted by Crippen LogP contribution is 2.40. The Labute approximate surface area is 155 Å². The van der Waals surface area contributed by atoms with E-state index in [1.54, 1.807) is 6.08 Å². The van der Waals surface area contributed by atoms with E-state index in [0.29, 0.717) is 6.42 Å². The summed E-state index contributed by atoms with van der Waals surface area (Å²) < 4.78 is 6.50. The summed E-state index contributed by atoms with van der Waals surface area (Å²) in [7, 11) is 0. The van der Waals surface area contributed by atoms with Crippen molar-refractivity contribution in [2.24, 2.45) is 0 Å². The standard InChI is InChI=1S/C24H24O2/c1-2-12-23(25)19-26-24(20-13-6-3-7-14-20,21-15-8-4-9-16-21)22-17-10-5-11-18-22/h2-11,13-18,23,25H,1,12,19H2/t23-/m0/s1. The summed E-state index contributed by atoms with van der Waals surface area (Å²) in [6.45, 7) is 3.92. The number of hydrogen-bond acceptors (Lipinski definition) is 2. The van der Waals surface area contributed by atoms with Gasteiger partial charge < -0.3 is 9.84 Å². The fraction of sp³-hybridized carbons (Fsp3) is 0.167. The quantitative estimate of drug-likeness (QED) is 0.464. The highest BCUT2D eigenvalue weighted by molar-refractivity contribution is 5.47. The molecule has 2 heteroatoms. The first-order valence-electron chi connectivity index (χ1n) is 8.87. The Bertz CT molecular complexity index is 701. The smallest absolute Gasteiger partial charge is 0.143 e. The molecule has 0 unspecified atom stereocenters. The van der Waals surface area contributed by atoms with Crippen LogP contribution in [0, 0.1) is 0 Å². The molecule has 0 saturated heterocycles. The summed E-state index contributed by atoms with van der Waals surface area (Å²) in [5, 5.41) is 10.3. The first-order chi connectivity index (χ1) is 12.8. The minimum absolute atomic E-state index is 0.213. The maximum absolute atomic E-state index is 10.3. The van der Waals surface area contributed by atoms with Crippen LogP contribution in [0.15, 0.2) is 104 Å². The van der Waals surface area contributed by atoms with E-state index in [-0.39, 0.29) is 6.61 Å². The average molecular weight is 344 g/mol. The van der Waals surface area contributed by atoms with Gasteiger partial charge in [0.25, 0.3) is 0 Å². The maximum Gasteiger partial charge on any atom is 0.143 e. The number of rotatable bonds is 8. The van der Waals surface area contributed by atoms with Gasteiger partial charge >= 0.3 is 0 Å². The molecule has 0 heterocycles. The zero-order valence-corrected chi connectivity index (χ0v) is 14.8. The molecule has 3 aromatic carbocycles. The van der Waals surface area contributed by atoms with Crippen molar-refractivity contribution < 1.29 is 9.84 Å². The van der Waals surface area contributed by atoms with Crippen LogP contribution in [0.1, 0.15) is 23.1 Å². The van der Waals surface area contributed by atoms with Gasteiger partial charge in [-0.1, -0.05) is 97.1 Å². The van der Waals surface area contributed by atoms with E-state index in [0.717, 1.165) is 16.7 Å². The predicted octanol–water partition coefficient (Wildman–Crippen LogP) is 4.93. The molecular formula is C24H24O2.